The lowest BCUT2D eigenvalue weighted by Gasteiger charge is -2.16. The third-order valence-corrected chi connectivity index (χ3v) is 2.24. The number of hydrogen-bond donors (Lipinski definition) is 1. The molecule has 90 valence electrons. The third-order valence-electron chi connectivity index (χ3n) is 2.24. The molecule has 0 aliphatic rings. The number of carboxylic acid groups (broad SMARTS) is 1. The van der Waals surface area contributed by atoms with Crippen LogP contribution in [0, 0.1) is 5.92 Å². The number of nitrogens with zero attached hydrogens (tertiary/aromatic N) is 4. The molecule has 16 heavy (non-hydrogen) atoms. The molecule has 1 N–H and O–H groups in total. The van der Waals surface area contributed by atoms with Crippen molar-refractivity contribution in [1.29, 1.82) is 0 Å². The maximum Gasteiger partial charge on any atom is 0.314 e. The zero-order chi connectivity index (χ0) is 12.5. The van der Waals surface area contributed by atoms with E-state index in [1.165, 1.54) is 4.80 Å². The van der Waals surface area contributed by atoms with Crippen molar-refractivity contribution in [3.05, 3.63) is 5.82 Å². The fourth-order valence-electron chi connectivity index (χ4n) is 1.33. The van der Waals surface area contributed by atoms with Crippen LogP contribution in [0.15, 0.2) is 0 Å². The summed E-state index contributed by atoms with van der Waals surface area (Å²) in [5.74, 6) is -1.40. The molecular weight excluding hydrogens is 208 g/mol. The highest BCUT2D eigenvalue weighted by Crippen LogP contribution is 2.21. The first-order valence-corrected chi connectivity index (χ1v) is 5.26. The third kappa shape index (κ3) is 2.56. The highest BCUT2D eigenvalue weighted by Gasteiger charge is 2.29. The maximum absolute atomic E-state index is 11.1. The van der Waals surface area contributed by atoms with Crippen molar-refractivity contribution >= 4 is 5.97 Å². The molecule has 1 atom stereocenters. The van der Waals surface area contributed by atoms with Crippen molar-refractivity contribution in [1.82, 2.24) is 20.2 Å². The van der Waals surface area contributed by atoms with E-state index in [4.69, 9.17) is 5.11 Å². The second-order valence-corrected chi connectivity index (χ2v) is 5.17. The molecule has 0 amide bonds. The largest absolute Gasteiger partial charge is 0.481 e. The van der Waals surface area contributed by atoms with Crippen LogP contribution in [-0.2, 0) is 10.3 Å². The summed E-state index contributed by atoms with van der Waals surface area (Å²) in [7, 11) is 0. The van der Waals surface area contributed by atoms with Gasteiger partial charge < -0.3 is 5.11 Å². The molecule has 6 nitrogen and oxygen atoms in total. The minimum absolute atomic E-state index is 0.0601. The van der Waals surface area contributed by atoms with Crippen molar-refractivity contribution in [2.45, 2.75) is 46.1 Å². The van der Waals surface area contributed by atoms with Crippen LogP contribution < -0.4 is 0 Å². The summed E-state index contributed by atoms with van der Waals surface area (Å²) in [6.45, 7) is 9.46. The number of rotatable bonds is 3. The Morgan fingerprint density at radius 1 is 1.38 bits per heavy atom. The van der Waals surface area contributed by atoms with Crippen molar-refractivity contribution in [3.8, 4) is 0 Å². The lowest BCUT2D eigenvalue weighted by molar-refractivity contribution is -0.140. The Morgan fingerprint density at radius 3 is 2.25 bits per heavy atom. The predicted molar refractivity (Wildman–Crippen MR) is 58.0 cm³/mol. The topological polar surface area (TPSA) is 80.9 Å². The number of hydrogen-bond acceptors (Lipinski definition) is 4. The lowest BCUT2D eigenvalue weighted by atomic mass is 9.95. The molecule has 0 aromatic carbocycles. The van der Waals surface area contributed by atoms with Crippen LogP contribution in [0.5, 0.6) is 0 Å². The SMILES string of the molecule is CC(C)C(C(=O)O)c1nnn(C(C)(C)C)n1. The van der Waals surface area contributed by atoms with Gasteiger partial charge in [0.25, 0.3) is 0 Å². The van der Waals surface area contributed by atoms with Gasteiger partial charge in [0.15, 0.2) is 5.82 Å². The van der Waals surface area contributed by atoms with Crippen LogP contribution in [0.1, 0.15) is 46.4 Å². The highest BCUT2D eigenvalue weighted by molar-refractivity contribution is 5.75. The van der Waals surface area contributed by atoms with Gasteiger partial charge in [0, 0.05) is 0 Å². The van der Waals surface area contributed by atoms with E-state index in [1.807, 2.05) is 34.6 Å². The molecule has 0 radical (unpaired) electrons. The number of aromatic nitrogens is 4. The van der Waals surface area contributed by atoms with Crippen molar-refractivity contribution in [2.75, 3.05) is 0 Å². The average molecular weight is 226 g/mol. The summed E-state index contributed by atoms with van der Waals surface area (Å²) in [6, 6.07) is 0. The molecule has 1 rings (SSSR count). The Hall–Kier alpha value is -1.46. The van der Waals surface area contributed by atoms with Crippen LogP contribution in [-0.4, -0.2) is 31.3 Å². The smallest absolute Gasteiger partial charge is 0.314 e. The minimum atomic E-state index is -0.913. The lowest BCUT2D eigenvalue weighted by Crippen LogP contribution is -2.25. The monoisotopic (exact) mass is 226 g/mol. The average Bonchev–Trinajstić information content (AvgIpc) is 2.50. The van der Waals surface area contributed by atoms with Crippen molar-refractivity contribution in [2.24, 2.45) is 5.92 Å². The molecule has 0 saturated heterocycles. The highest BCUT2D eigenvalue weighted by atomic mass is 16.4. The number of carboxylic acids is 1. The predicted octanol–water partition coefficient (Wildman–Crippen LogP) is 1.25. The summed E-state index contributed by atoms with van der Waals surface area (Å²) in [6.07, 6.45) is 0. The molecule has 0 fully saturated rings. The maximum atomic E-state index is 11.1. The van der Waals surface area contributed by atoms with E-state index in [0.29, 0.717) is 0 Å². The van der Waals surface area contributed by atoms with Crippen molar-refractivity contribution in [3.63, 3.8) is 0 Å². The van der Waals surface area contributed by atoms with Gasteiger partial charge in [-0.2, -0.15) is 4.80 Å². The Kier molecular flexibility index (Phi) is 3.30. The van der Waals surface area contributed by atoms with Gasteiger partial charge in [-0.1, -0.05) is 13.8 Å². The van der Waals surface area contributed by atoms with Gasteiger partial charge in [0.1, 0.15) is 5.92 Å². The first-order valence-electron chi connectivity index (χ1n) is 5.26. The van der Waals surface area contributed by atoms with Crippen LogP contribution in [0.2, 0.25) is 0 Å². The van der Waals surface area contributed by atoms with Crippen LogP contribution >= 0.6 is 0 Å². The summed E-state index contributed by atoms with van der Waals surface area (Å²) < 4.78 is 0. The van der Waals surface area contributed by atoms with E-state index in [9.17, 15) is 4.79 Å². The van der Waals surface area contributed by atoms with E-state index < -0.39 is 11.9 Å². The van der Waals surface area contributed by atoms with Gasteiger partial charge >= 0.3 is 5.97 Å². The Bertz CT molecular complexity index is 378. The van der Waals surface area contributed by atoms with Gasteiger partial charge in [-0.05, 0) is 31.9 Å². The van der Waals surface area contributed by atoms with Gasteiger partial charge in [-0.3, -0.25) is 4.79 Å². The fourth-order valence-corrected chi connectivity index (χ4v) is 1.33. The second kappa shape index (κ2) is 4.19. The summed E-state index contributed by atoms with van der Waals surface area (Å²) >= 11 is 0. The zero-order valence-electron chi connectivity index (χ0n) is 10.3. The standard InChI is InChI=1S/C10H18N4O2/c1-6(2)7(9(15)16)8-11-13-14(12-8)10(3,4)5/h6-7H,1-5H3,(H,15,16). The van der Waals surface area contributed by atoms with Crippen LogP contribution in [0.4, 0.5) is 0 Å². The van der Waals surface area contributed by atoms with E-state index in [2.05, 4.69) is 15.4 Å². The van der Waals surface area contributed by atoms with Gasteiger partial charge in [0.05, 0.1) is 5.54 Å². The quantitative estimate of drug-likeness (QED) is 0.839. The first kappa shape index (κ1) is 12.6. The molecule has 0 spiro atoms. The molecule has 0 aliphatic carbocycles. The summed E-state index contributed by atoms with van der Waals surface area (Å²) in [4.78, 5) is 12.5. The number of carbonyl (C=O) groups is 1. The van der Waals surface area contributed by atoms with Gasteiger partial charge in [-0.25, -0.2) is 0 Å². The van der Waals surface area contributed by atoms with Crippen LogP contribution in [0.3, 0.4) is 0 Å². The number of tetrazole rings is 1. The molecule has 1 unspecified atom stereocenters. The molecule has 0 bridgehead atoms. The molecule has 1 aromatic heterocycles. The molecule has 6 heteroatoms. The molecule has 1 heterocycles. The first-order chi connectivity index (χ1) is 7.23. The summed E-state index contributed by atoms with van der Waals surface area (Å²) in [5, 5.41) is 20.9. The van der Waals surface area contributed by atoms with E-state index in [0.717, 1.165) is 0 Å². The second-order valence-electron chi connectivity index (χ2n) is 5.17. The Balaban J connectivity index is 3.04. The fraction of sp³-hybridized carbons (Fsp3) is 0.800. The van der Waals surface area contributed by atoms with Gasteiger partial charge in [0.2, 0.25) is 0 Å². The van der Waals surface area contributed by atoms with Crippen LogP contribution in [0.25, 0.3) is 0 Å². The molecular formula is C10H18N4O2. The normalized spacial score (nSPS) is 14.1. The van der Waals surface area contributed by atoms with E-state index in [1.54, 1.807) is 0 Å². The summed E-state index contributed by atoms with van der Waals surface area (Å²) in [5.41, 5.74) is -0.286. The molecule has 0 aliphatic heterocycles. The van der Waals surface area contributed by atoms with E-state index in [-0.39, 0.29) is 17.3 Å². The zero-order valence-corrected chi connectivity index (χ0v) is 10.3. The van der Waals surface area contributed by atoms with E-state index >= 15 is 0 Å². The number of aliphatic carboxylic acids is 1. The molecule has 0 saturated carbocycles. The molecule has 1 aromatic rings. The van der Waals surface area contributed by atoms with Crippen molar-refractivity contribution < 1.29 is 9.90 Å². The Labute approximate surface area is 94.7 Å². The Morgan fingerprint density at radius 2 is 1.94 bits per heavy atom. The van der Waals surface area contributed by atoms with Gasteiger partial charge in [-0.15, -0.1) is 10.2 Å². The minimum Gasteiger partial charge on any atom is -0.481 e.